The van der Waals surface area contributed by atoms with E-state index in [9.17, 15) is 4.79 Å². The zero-order valence-corrected chi connectivity index (χ0v) is 6.23. The molecule has 3 aliphatic rings. The zero-order chi connectivity index (χ0) is 7.42. The first-order valence-electron chi connectivity index (χ1n) is 4.25. The topological polar surface area (TPSA) is 17.1 Å². The van der Waals surface area contributed by atoms with Crippen LogP contribution >= 0.6 is 0 Å². The van der Waals surface area contributed by atoms with Gasteiger partial charge in [-0.05, 0) is 17.8 Å². The van der Waals surface area contributed by atoms with Gasteiger partial charge in [0.1, 0.15) is 5.78 Å². The monoisotopic (exact) mass is 146 g/mol. The van der Waals surface area contributed by atoms with Crippen LogP contribution in [0, 0.1) is 23.7 Å². The van der Waals surface area contributed by atoms with E-state index in [0.717, 1.165) is 5.92 Å². The SMILES string of the molecule is O=C1CC=CC2C3C=CC3C12. The molecule has 56 valence electrons. The highest BCUT2D eigenvalue weighted by Crippen LogP contribution is 2.55. The van der Waals surface area contributed by atoms with E-state index >= 15 is 0 Å². The van der Waals surface area contributed by atoms with Crippen LogP contribution < -0.4 is 0 Å². The van der Waals surface area contributed by atoms with Crippen molar-refractivity contribution < 1.29 is 4.79 Å². The number of hydrogen-bond acceptors (Lipinski definition) is 1. The third-order valence-corrected chi connectivity index (χ3v) is 3.32. The number of rotatable bonds is 0. The standard InChI is InChI=1S/C10H10O/c11-9-3-1-2-7-6-4-5-8(6)10(7)9/h1-2,4-8,10H,3H2. The minimum Gasteiger partial charge on any atom is -0.299 e. The molecule has 0 heterocycles. The molecule has 0 N–H and O–H groups in total. The molecule has 0 bridgehead atoms. The fourth-order valence-electron chi connectivity index (χ4n) is 2.62. The van der Waals surface area contributed by atoms with Crippen molar-refractivity contribution in [2.24, 2.45) is 23.7 Å². The highest BCUT2D eigenvalue weighted by atomic mass is 16.1. The number of ketones is 1. The van der Waals surface area contributed by atoms with Crippen molar-refractivity contribution in [2.45, 2.75) is 6.42 Å². The highest BCUT2D eigenvalue weighted by molar-refractivity contribution is 5.86. The molecule has 4 unspecified atom stereocenters. The number of carbonyl (C=O) groups excluding carboxylic acids is 1. The van der Waals surface area contributed by atoms with Gasteiger partial charge in [-0.1, -0.05) is 24.3 Å². The Labute approximate surface area is 65.8 Å². The Bertz CT molecular complexity index is 275. The molecule has 1 fully saturated rings. The Morgan fingerprint density at radius 3 is 2.45 bits per heavy atom. The van der Waals surface area contributed by atoms with Gasteiger partial charge in [-0.3, -0.25) is 4.79 Å². The fraction of sp³-hybridized carbons (Fsp3) is 0.500. The van der Waals surface area contributed by atoms with Crippen LogP contribution in [-0.4, -0.2) is 5.78 Å². The molecule has 3 aliphatic carbocycles. The van der Waals surface area contributed by atoms with Gasteiger partial charge in [-0.2, -0.15) is 0 Å². The largest absolute Gasteiger partial charge is 0.299 e. The summed E-state index contributed by atoms with van der Waals surface area (Å²) in [7, 11) is 0. The van der Waals surface area contributed by atoms with E-state index < -0.39 is 0 Å². The first-order chi connectivity index (χ1) is 5.38. The van der Waals surface area contributed by atoms with Gasteiger partial charge in [0.05, 0.1) is 0 Å². The Hall–Kier alpha value is -0.850. The highest BCUT2D eigenvalue weighted by Gasteiger charge is 2.54. The number of fused-ring (bicyclic) bond motifs is 4. The molecular weight excluding hydrogens is 136 g/mol. The van der Waals surface area contributed by atoms with E-state index in [1.54, 1.807) is 0 Å². The van der Waals surface area contributed by atoms with Gasteiger partial charge in [0.2, 0.25) is 0 Å². The summed E-state index contributed by atoms with van der Waals surface area (Å²) in [5.41, 5.74) is 0. The Balaban J connectivity index is 1.99. The first-order valence-corrected chi connectivity index (χ1v) is 4.25. The third-order valence-electron chi connectivity index (χ3n) is 3.32. The zero-order valence-electron chi connectivity index (χ0n) is 6.23. The molecule has 0 aromatic rings. The van der Waals surface area contributed by atoms with Crippen molar-refractivity contribution in [3.63, 3.8) is 0 Å². The molecule has 0 aliphatic heterocycles. The van der Waals surface area contributed by atoms with Crippen LogP contribution in [0.5, 0.6) is 0 Å². The van der Waals surface area contributed by atoms with Gasteiger partial charge in [-0.25, -0.2) is 0 Å². The summed E-state index contributed by atoms with van der Waals surface area (Å²) in [6, 6.07) is 0. The summed E-state index contributed by atoms with van der Waals surface area (Å²) in [6.45, 7) is 0. The van der Waals surface area contributed by atoms with Crippen LogP contribution in [0.1, 0.15) is 6.42 Å². The molecule has 1 heteroatoms. The smallest absolute Gasteiger partial charge is 0.140 e. The van der Waals surface area contributed by atoms with Gasteiger partial charge >= 0.3 is 0 Å². The van der Waals surface area contributed by atoms with Gasteiger partial charge in [0.25, 0.3) is 0 Å². The molecule has 1 saturated carbocycles. The lowest BCUT2D eigenvalue weighted by Crippen LogP contribution is -2.53. The van der Waals surface area contributed by atoms with Crippen molar-refractivity contribution in [1.82, 2.24) is 0 Å². The number of carbonyl (C=O) groups is 1. The molecule has 0 amide bonds. The minimum atomic E-state index is 0.370. The second-order valence-electron chi connectivity index (χ2n) is 3.74. The molecule has 0 spiro atoms. The Morgan fingerprint density at radius 2 is 1.82 bits per heavy atom. The summed E-state index contributed by atoms with van der Waals surface area (Å²) < 4.78 is 0. The van der Waals surface area contributed by atoms with Crippen LogP contribution in [0.15, 0.2) is 24.3 Å². The summed E-state index contributed by atoms with van der Waals surface area (Å²) in [4.78, 5) is 11.4. The van der Waals surface area contributed by atoms with E-state index in [4.69, 9.17) is 0 Å². The fourth-order valence-corrected chi connectivity index (χ4v) is 2.62. The summed E-state index contributed by atoms with van der Waals surface area (Å²) in [5, 5.41) is 0. The maximum atomic E-state index is 11.4. The summed E-state index contributed by atoms with van der Waals surface area (Å²) in [6.07, 6.45) is 9.39. The van der Waals surface area contributed by atoms with Crippen LogP contribution in [0.25, 0.3) is 0 Å². The lowest BCUT2D eigenvalue weighted by atomic mass is 9.49. The van der Waals surface area contributed by atoms with Crippen molar-refractivity contribution in [2.75, 3.05) is 0 Å². The number of Topliss-reactive ketones (excluding diaryl/α,β-unsaturated/α-hetero) is 1. The number of allylic oxidation sites excluding steroid dienone is 4. The van der Waals surface area contributed by atoms with Crippen molar-refractivity contribution in [1.29, 1.82) is 0 Å². The molecule has 4 atom stereocenters. The maximum Gasteiger partial charge on any atom is 0.140 e. The quantitative estimate of drug-likeness (QED) is 0.474. The average Bonchev–Trinajstić information content (AvgIpc) is 1.94. The van der Waals surface area contributed by atoms with E-state index in [2.05, 4.69) is 18.2 Å². The van der Waals surface area contributed by atoms with E-state index in [1.807, 2.05) is 6.08 Å². The molecular formula is C10H10O. The van der Waals surface area contributed by atoms with Crippen LogP contribution in [0.2, 0.25) is 0 Å². The van der Waals surface area contributed by atoms with E-state index in [-0.39, 0.29) is 0 Å². The van der Waals surface area contributed by atoms with Gasteiger partial charge in [0, 0.05) is 12.3 Å². The lowest BCUT2D eigenvalue weighted by Gasteiger charge is -2.54. The normalized spacial score (nSPS) is 50.7. The van der Waals surface area contributed by atoms with E-state index in [1.165, 1.54) is 0 Å². The van der Waals surface area contributed by atoms with Gasteiger partial charge in [0.15, 0.2) is 0 Å². The summed E-state index contributed by atoms with van der Waals surface area (Å²) >= 11 is 0. The van der Waals surface area contributed by atoms with E-state index in [0.29, 0.717) is 30.0 Å². The van der Waals surface area contributed by atoms with Gasteiger partial charge < -0.3 is 0 Å². The molecule has 3 rings (SSSR count). The predicted octanol–water partition coefficient (Wildman–Crippen LogP) is 1.56. The van der Waals surface area contributed by atoms with Crippen LogP contribution in [-0.2, 0) is 4.79 Å². The second-order valence-corrected chi connectivity index (χ2v) is 3.74. The predicted molar refractivity (Wildman–Crippen MR) is 41.9 cm³/mol. The Kier molecular flexibility index (Phi) is 0.867. The average molecular weight is 146 g/mol. The Morgan fingerprint density at radius 1 is 1.09 bits per heavy atom. The molecule has 11 heavy (non-hydrogen) atoms. The van der Waals surface area contributed by atoms with Gasteiger partial charge in [-0.15, -0.1) is 0 Å². The molecule has 0 radical (unpaired) electrons. The van der Waals surface area contributed by atoms with Crippen molar-refractivity contribution >= 4 is 5.78 Å². The second kappa shape index (κ2) is 1.66. The van der Waals surface area contributed by atoms with Crippen molar-refractivity contribution in [3.8, 4) is 0 Å². The minimum absolute atomic E-state index is 0.370. The lowest BCUT2D eigenvalue weighted by molar-refractivity contribution is -0.132. The summed E-state index contributed by atoms with van der Waals surface area (Å²) in [5.74, 6) is 2.75. The van der Waals surface area contributed by atoms with Crippen LogP contribution in [0.3, 0.4) is 0 Å². The molecule has 0 aromatic heterocycles. The third kappa shape index (κ3) is 0.515. The van der Waals surface area contributed by atoms with Crippen molar-refractivity contribution in [3.05, 3.63) is 24.3 Å². The molecule has 1 nitrogen and oxygen atoms in total. The molecule has 0 saturated heterocycles. The number of hydrogen-bond donors (Lipinski definition) is 0. The molecule has 0 aromatic carbocycles. The maximum absolute atomic E-state index is 11.4. The first kappa shape index (κ1) is 5.76. The van der Waals surface area contributed by atoms with Crippen LogP contribution in [0.4, 0.5) is 0 Å².